The molecule has 1 saturated heterocycles. The van der Waals surface area contributed by atoms with Crippen molar-refractivity contribution in [2.24, 2.45) is 0 Å². The molecule has 0 aromatic heterocycles. The van der Waals surface area contributed by atoms with E-state index in [4.69, 9.17) is 4.74 Å². The molecular formula is C15H19ClN2O2. The first-order valence-electron chi connectivity index (χ1n) is 6.77. The molecular weight excluding hydrogens is 276 g/mol. The minimum atomic E-state index is -0.0109. The fraction of sp³-hybridized carbons (Fsp3) is 0.400. The first kappa shape index (κ1) is 14.9. The monoisotopic (exact) mass is 294 g/mol. The molecule has 5 heteroatoms. The van der Waals surface area contributed by atoms with Crippen LogP contribution in [0.3, 0.4) is 0 Å². The van der Waals surface area contributed by atoms with Gasteiger partial charge in [-0.1, -0.05) is 18.2 Å². The second-order valence-corrected chi connectivity index (χ2v) is 5.01. The van der Waals surface area contributed by atoms with Gasteiger partial charge in [-0.3, -0.25) is 4.79 Å². The van der Waals surface area contributed by atoms with Gasteiger partial charge in [0.2, 0.25) is 0 Å². The number of fused-ring (bicyclic) bond motifs is 1. The van der Waals surface area contributed by atoms with E-state index in [0.717, 1.165) is 37.2 Å². The lowest BCUT2D eigenvalue weighted by molar-refractivity contribution is -0.118. The summed E-state index contributed by atoms with van der Waals surface area (Å²) in [5.74, 6) is 0.835. The van der Waals surface area contributed by atoms with Crippen molar-refractivity contribution in [1.82, 2.24) is 10.6 Å². The van der Waals surface area contributed by atoms with Crippen LogP contribution in [-0.4, -0.2) is 31.6 Å². The molecule has 20 heavy (non-hydrogen) atoms. The van der Waals surface area contributed by atoms with Crippen molar-refractivity contribution in [3.05, 3.63) is 35.4 Å². The molecule has 2 aliphatic heterocycles. The fourth-order valence-electron chi connectivity index (χ4n) is 2.50. The zero-order chi connectivity index (χ0) is 13.1. The van der Waals surface area contributed by atoms with E-state index in [1.807, 2.05) is 30.3 Å². The number of benzene rings is 1. The number of nitrogens with one attached hydrogen (secondary N) is 2. The molecule has 2 aliphatic rings. The van der Waals surface area contributed by atoms with Crippen LogP contribution in [-0.2, 0) is 4.79 Å². The van der Waals surface area contributed by atoms with E-state index in [-0.39, 0.29) is 24.4 Å². The van der Waals surface area contributed by atoms with E-state index >= 15 is 0 Å². The summed E-state index contributed by atoms with van der Waals surface area (Å²) in [7, 11) is 0. The third kappa shape index (κ3) is 3.32. The van der Waals surface area contributed by atoms with Gasteiger partial charge in [-0.15, -0.1) is 12.4 Å². The van der Waals surface area contributed by atoms with Gasteiger partial charge in [-0.05, 0) is 31.5 Å². The van der Waals surface area contributed by atoms with Crippen LogP contribution in [0.4, 0.5) is 0 Å². The molecule has 0 radical (unpaired) electrons. The molecule has 0 aliphatic carbocycles. The Morgan fingerprint density at radius 2 is 2.20 bits per heavy atom. The van der Waals surface area contributed by atoms with Gasteiger partial charge in [0.1, 0.15) is 12.4 Å². The molecule has 108 valence electrons. The maximum absolute atomic E-state index is 12.2. The molecule has 1 aromatic carbocycles. The van der Waals surface area contributed by atoms with Gasteiger partial charge >= 0.3 is 0 Å². The Labute approximate surface area is 125 Å². The molecule has 0 bridgehead atoms. The van der Waals surface area contributed by atoms with Crippen LogP contribution in [0.2, 0.25) is 0 Å². The highest BCUT2D eigenvalue weighted by Gasteiger charge is 2.20. The number of para-hydroxylation sites is 1. The number of rotatable bonds is 2. The van der Waals surface area contributed by atoms with Gasteiger partial charge in [0.05, 0.1) is 5.57 Å². The largest absolute Gasteiger partial charge is 0.488 e. The third-order valence-electron chi connectivity index (χ3n) is 3.56. The lowest BCUT2D eigenvalue weighted by atomic mass is 10.0. The predicted molar refractivity (Wildman–Crippen MR) is 81.2 cm³/mol. The van der Waals surface area contributed by atoms with Crippen molar-refractivity contribution in [1.29, 1.82) is 0 Å². The molecule has 1 unspecified atom stereocenters. The Morgan fingerprint density at radius 3 is 3.00 bits per heavy atom. The standard InChI is InChI=1S/C15H18N2O2.ClH/c18-15(17-13-5-3-7-16-9-13)12-8-11-4-1-2-6-14(11)19-10-12;/h1-2,4,6,8,13,16H,3,5,7,9-10H2,(H,17,18);1H. The molecule has 2 N–H and O–H groups in total. The van der Waals surface area contributed by atoms with Crippen molar-refractivity contribution in [3.8, 4) is 5.75 Å². The summed E-state index contributed by atoms with van der Waals surface area (Å²) >= 11 is 0. The summed E-state index contributed by atoms with van der Waals surface area (Å²) in [6.45, 7) is 2.25. The van der Waals surface area contributed by atoms with E-state index in [1.54, 1.807) is 0 Å². The number of hydrogen-bond acceptors (Lipinski definition) is 3. The number of amides is 1. The highest BCUT2D eigenvalue weighted by atomic mass is 35.5. The van der Waals surface area contributed by atoms with Crippen molar-refractivity contribution >= 4 is 24.4 Å². The Balaban J connectivity index is 0.00000147. The highest BCUT2D eigenvalue weighted by molar-refractivity contribution is 5.99. The predicted octanol–water partition coefficient (Wildman–Crippen LogP) is 1.75. The summed E-state index contributed by atoms with van der Waals surface area (Å²) in [5.41, 5.74) is 1.67. The van der Waals surface area contributed by atoms with Gasteiger partial charge in [-0.25, -0.2) is 0 Å². The topological polar surface area (TPSA) is 50.4 Å². The molecule has 1 aromatic rings. The van der Waals surface area contributed by atoms with Crippen LogP contribution in [0.1, 0.15) is 18.4 Å². The van der Waals surface area contributed by atoms with Gasteiger partial charge in [0.15, 0.2) is 0 Å². The van der Waals surface area contributed by atoms with Crippen molar-refractivity contribution in [2.45, 2.75) is 18.9 Å². The molecule has 4 nitrogen and oxygen atoms in total. The van der Waals surface area contributed by atoms with Gasteiger partial charge < -0.3 is 15.4 Å². The maximum atomic E-state index is 12.2. The number of carbonyl (C=O) groups is 1. The third-order valence-corrected chi connectivity index (χ3v) is 3.56. The molecule has 0 saturated carbocycles. The average molecular weight is 295 g/mol. The van der Waals surface area contributed by atoms with Crippen LogP contribution in [0.15, 0.2) is 29.8 Å². The number of carbonyl (C=O) groups excluding carboxylic acids is 1. The lowest BCUT2D eigenvalue weighted by Gasteiger charge is -2.25. The lowest BCUT2D eigenvalue weighted by Crippen LogP contribution is -2.46. The van der Waals surface area contributed by atoms with Gasteiger partial charge in [0.25, 0.3) is 5.91 Å². The van der Waals surface area contributed by atoms with E-state index in [9.17, 15) is 4.79 Å². The van der Waals surface area contributed by atoms with Gasteiger partial charge in [-0.2, -0.15) is 0 Å². The van der Waals surface area contributed by atoms with E-state index in [1.165, 1.54) is 0 Å². The van der Waals surface area contributed by atoms with Crippen LogP contribution in [0.25, 0.3) is 6.08 Å². The second kappa shape index (κ2) is 6.77. The maximum Gasteiger partial charge on any atom is 0.250 e. The van der Waals surface area contributed by atoms with Crippen LogP contribution in [0.5, 0.6) is 5.75 Å². The second-order valence-electron chi connectivity index (χ2n) is 5.01. The molecule has 0 spiro atoms. The van der Waals surface area contributed by atoms with Crippen LogP contribution < -0.4 is 15.4 Å². The highest BCUT2D eigenvalue weighted by Crippen LogP contribution is 2.25. The summed E-state index contributed by atoms with van der Waals surface area (Å²) in [6, 6.07) is 8.00. The SMILES string of the molecule is Cl.O=C(NC1CCCNC1)C1=Cc2ccccc2OC1. The quantitative estimate of drug-likeness (QED) is 0.874. The zero-order valence-corrected chi connectivity index (χ0v) is 12.0. The number of halogens is 1. The molecule has 2 heterocycles. The fourth-order valence-corrected chi connectivity index (χ4v) is 2.50. The Morgan fingerprint density at radius 1 is 1.35 bits per heavy atom. The Kier molecular flexibility index (Phi) is 5.04. The van der Waals surface area contributed by atoms with Crippen molar-refractivity contribution in [2.75, 3.05) is 19.7 Å². The number of hydrogen-bond donors (Lipinski definition) is 2. The van der Waals surface area contributed by atoms with Crippen molar-refractivity contribution < 1.29 is 9.53 Å². The average Bonchev–Trinajstić information content (AvgIpc) is 2.48. The molecule has 1 fully saturated rings. The molecule has 1 atom stereocenters. The summed E-state index contributed by atoms with van der Waals surface area (Å²) in [4.78, 5) is 12.2. The smallest absolute Gasteiger partial charge is 0.250 e. The minimum absolute atomic E-state index is 0. The first-order valence-corrected chi connectivity index (χ1v) is 6.77. The van der Waals surface area contributed by atoms with Crippen LogP contribution in [0, 0.1) is 0 Å². The van der Waals surface area contributed by atoms with Crippen molar-refractivity contribution in [3.63, 3.8) is 0 Å². The summed E-state index contributed by atoms with van der Waals surface area (Å²) < 4.78 is 5.60. The number of ether oxygens (including phenoxy) is 1. The zero-order valence-electron chi connectivity index (χ0n) is 11.2. The summed E-state index contributed by atoms with van der Waals surface area (Å²) in [6.07, 6.45) is 4.08. The minimum Gasteiger partial charge on any atom is -0.488 e. The molecule has 1 amide bonds. The van der Waals surface area contributed by atoms with E-state index in [0.29, 0.717) is 12.2 Å². The number of piperidine rings is 1. The molecule has 3 rings (SSSR count). The first-order chi connectivity index (χ1) is 9.33. The van der Waals surface area contributed by atoms with E-state index in [2.05, 4.69) is 10.6 Å². The Hall–Kier alpha value is -1.52. The van der Waals surface area contributed by atoms with Gasteiger partial charge in [0, 0.05) is 18.2 Å². The Bertz CT molecular complexity index is 510. The normalized spacial score (nSPS) is 20.8. The summed E-state index contributed by atoms with van der Waals surface area (Å²) in [5, 5.41) is 6.36. The van der Waals surface area contributed by atoms with E-state index < -0.39 is 0 Å². The van der Waals surface area contributed by atoms with Crippen LogP contribution >= 0.6 is 12.4 Å².